The zero-order chi connectivity index (χ0) is 20.7. The van der Waals surface area contributed by atoms with Crippen LogP contribution in [0.25, 0.3) is 0 Å². The standard InChI is InChI=1S/C22H27NO5/c1-22(2,3)28-21(25)23(15-17-8-12-19(26-4)13-9-17)14-16-6-10-18(11-7-16)20(24)27-5/h6-13H,14-15H2,1-5H3. The van der Waals surface area contributed by atoms with Crippen molar-refractivity contribution in [2.24, 2.45) is 0 Å². The van der Waals surface area contributed by atoms with E-state index in [9.17, 15) is 9.59 Å². The number of nitrogens with zero attached hydrogens (tertiary/aromatic N) is 1. The third-order valence-corrected chi connectivity index (χ3v) is 3.93. The van der Waals surface area contributed by atoms with Gasteiger partial charge in [0.1, 0.15) is 11.4 Å². The minimum atomic E-state index is -0.593. The van der Waals surface area contributed by atoms with Crippen molar-refractivity contribution in [1.82, 2.24) is 4.90 Å². The number of hydrogen-bond donors (Lipinski definition) is 0. The second kappa shape index (κ2) is 9.26. The Morgan fingerprint density at radius 3 is 1.79 bits per heavy atom. The minimum absolute atomic E-state index is 0.350. The summed E-state index contributed by atoms with van der Waals surface area (Å²) in [5.74, 6) is 0.361. The molecule has 0 saturated heterocycles. The maximum Gasteiger partial charge on any atom is 0.410 e. The summed E-state index contributed by atoms with van der Waals surface area (Å²) >= 11 is 0. The molecule has 2 aromatic rings. The van der Waals surface area contributed by atoms with Gasteiger partial charge in [0.15, 0.2) is 0 Å². The van der Waals surface area contributed by atoms with Crippen molar-refractivity contribution in [3.8, 4) is 5.75 Å². The van der Waals surface area contributed by atoms with E-state index >= 15 is 0 Å². The predicted octanol–water partition coefficient (Wildman–Crippen LogP) is 4.42. The molecule has 6 nitrogen and oxygen atoms in total. The van der Waals surface area contributed by atoms with E-state index in [0.717, 1.165) is 16.9 Å². The summed E-state index contributed by atoms with van der Waals surface area (Å²) in [6.07, 6.45) is -0.402. The lowest BCUT2D eigenvalue weighted by Crippen LogP contribution is -2.36. The lowest BCUT2D eigenvalue weighted by molar-refractivity contribution is 0.0216. The summed E-state index contributed by atoms with van der Waals surface area (Å²) in [4.78, 5) is 25.9. The van der Waals surface area contributed by atoms with Gasteiger partial charge in [0.05, 0.1) is 19.8 Å². The van der Waals surface area contributed by atoms with Gasteiger partial charge in [-0.3, -0.25) is 4.90 Å². The lowest BCUT2D eigenvalue weighted by Gasteiger charge is -2.27. The second-order valence-electron chi connectivity index (χ2n) is 7.37. The highest BCUT2D eigenvalue weighted by Gasteiger charge is 2.22. The molecular formula is C22H27NO5. The highest BCUT2D eigenvalue weighted by Crippen LogP contribution is 2.18. The molecule has 0 aliphatic carbocycles. The van der Waals surface area contributed by atoms with Gasteiger partial charge in [0, 0.05) is 13.1 Å². The SMILES string of the molecule is COC(=O)c1ccc(CN(Cc2ccc(OC)cc2)C(=O)OC(C)(C)C)cc1. The zero-order valence-corrected chi connectivity index (χ0v) is 17.0. The first-order valence-corrected chi connectivity index (χ1v) is 9.00. The van der Waals surface area contributed by atoms with Crippen molar-refractivity contribution in [3.05, 3.63) is 65.2 Å². The van der Waals surface area contributed by atoms with E-state index in [-0.39, 0.29) is 0 Å². The van der Waals surface area contributed by atoms with Crippen LogP contribution in [0.1, 0.15) is 42.3 Å². The average Bonchev–Trinajstić information content (AvgIpc) is 2.66. The normalized spacial score (nSPS) is 10.9. The third kappa shape index (κ3) is 6.30. The predicted molar refractivity (Wildman–Crippen MR) is 106 cm³/mol. The van der Waals surface area contributed by atoms with Crippen LogP contribution in [0.15, 0.2) is 48.5 Å². The topological polar surface area (TPSA) is 65.1 Å². The van der Waals surface area contributed by atoms with Crippen LogP contribution in [0.4, 0.5) is 4.79 Å². The first-order chi connectivity index (χ1) is 13.2. The molecule has 0 saturated carbocycles. The maximum atomic E-state index is 12.7. The van der Waals surface area contributed by atoms with Crippen LogP contribution >= 0.6 is 0 Å². The Kier molecular flexibility index (Phi) is 7.04. The molecule has 0 aliphatic rings. The molecular weight excluding hydrogens is 358 g/mol. The van der Waals surface area contributed by atoms with Crippen molar-refractivity contribution in [3.63, 3.8) is 0 Å². The number of carbonyl (C=O) groups is 2. The number of ether oxygens (including phenoxy) is 3. The van der Waals surface area contributed by atoms with E-state index in [1.54, 1.807) is 36.3 Å². The molecule has 0 heterocycles. The average molecular weight is 385 g/mol. The van der Waals surface area contributed by atoms with Gasteiger partial charge in [-0.15, -0.1) is 0 Å². The number of benzene rings is 2. The summed E-state index contributed by atoms with van der Waals surface area (Å²) in [5.41, 5.74) is 1.71. The molecule has 6 heteroatoms. The van der Waals surface area contributed by atoms with Crippen LogP contribution in [0.5, 0.6) is 5.75 Å². The molecule has 0 aromatic heterocycles. The minimum Gasteiger partial charge on any atom is -0.497 e. The Balaban J connectivity index is 2.19. The molecule has 0 fully saturated rings. The Bertz CT molecular complexity index is 791. The van der Waals surface area contributed by atoms with Crippen molar-refractivity contribution in [2.75, 3.05) is 14.2 Å². The quantitative estimate of drug-likeness (QED) is 0.689. The largest absolute Gasteiger partial charge is 0.497 e. The van der Waals surface area contributed by atoms with Gasteiger partial charge in [0.25, 0.3) is 0 Å². The zero-order valence-electron chi connectivity index (χ0n) is 17.0. The van der Waals surface area contributed by atoms with Crippen molar-refractivity contribution < 1.29 is 23.8 Å². The summed E-state index contributed by atoms with van der Waals surface area (Å²) < 4.78 is 15.5. The fraction of sp³-hybridized carbons (Fsp3) is 0.364. The van der Waals surface area contributed by atoms with E-state index < -0.39 is 17.7 Å². The molecule has 0 radical (unpaired) electrons. The van der Waals surface area contributed by atoms with Gasteiger partial charge < -0.3 is 14.2 Å². The Morgan fingerprint density at radius 1 is 0.857 bits per heavy atom. The molecule has 2 aromatic carbocycles. The molecule has 0 bridgehead atoms. The number of rotatable bonds is 6. The summed E-state index contributed by atoms with van der Waals surface area (Å²) in [7, 11) is 2.95. The number of amides is 1. The Morgan fingerprint density at radius 2 is 1.36 bits per heavy atom. The third-order valence-electron chi connectivity index (χ3n) is 3.93. The van der Waals surface area contributed by atoms with E-state index in [0.29, 0.717) is 18.7 Å². The maximum absolute atomic E-state index is 12.7. The van der Waals surface area contributed by atoms with Crippen LogP contribution in [-0.2, 0) is 22.6 Å². The molecule has 1 amide bonds. The molecule has 150 valence electrons. The van der Waals surface area contributed by atoms with E-state index in [1.165, 1.54) is 7.11 Å². The van der Waals surface area contributed by atoms with Gasteiger partial charge in [-0.25, -0.2) is 9.59 Å². The fourth-order valence-electron chi connectivity index (χ4n) is 2.55. The fourth-order valence-corrected chi connectivity index (χ4v) is 2.55. The number of methoxy groups -OCH3 is 2. The van der Waals surface area contributed by atoms with Crippen LogP contribution in [0, 0.1) is 0 Å². The summed E-state index contributed by atoms with van der Waals surface area (Å²) in [6.45, 7) is 6.24. The number of esters is 1. The molecule has 28 heavy (non-hydrogen) atoms. The first kappa shape index (κ1) is 21.3. The van der Waals surface area contributed by atoms with Crippen LogP contribution < -0.4 is 4.74 Å². The Hall–Kier alpha value is -3.02. The monoisotopic (exact) mass is 385 g/mol. The summed E-state index contributed by atoms with van der Waals surface area (Å²) in [5, 5.41) is 0. The van der Waals surface area contributed by atoms with Gasteiger partial charge >= 0.3 is 12.1 Å². The van der Waals surface area contributed by atoms with E-state index in [1.807, 2.05) is 45.0 Å². The Labute approximate surface area is 166 Å². The molecule has 0 aliphatic heterocycles. The van der Waals surface area contributed by atoms with Crippen molar-refractivity contribution in [2.45, 2.75) is 39.5 Å². The first-order valence-electron chi connectivity index (χ1n) is 9.00. The van der Waals surface area contributed by atoms with Gasteiger partial charge in [-0.1, -0.05) is 24.3 Å². The highest BCUT2D eigenvalue weighted by atomic mass is 16.6. The van der Waals surface area contributed by atoms with Crippen LogP contribution in [0.2, 0.25) is 0 Å². The van der Waals surface area contributed by atoms with Crippen molar-refractivity contribution in [1.29, 1.82) is 0 Å². The van der Waals surface area contributed by atoms with Crippen LogP contribution in [0.3, 0.4) is 0 Å². The van der Waals surface area contributed by atoms with E-state index in [4.69, 9.17) is 14.2 Å². The molecule has 0 spiro atoms. The van der Waals surface area contributed by atoms with Crippen LogP contribution in [-0.4, -0.2) is 36.8 Å². The number of carbonyl (C=O) groups excluding carboxylic acids is 2. The highest BCUT2D eigenvalue weighted by molar-refractivity contribution is 5.89. The molecule has 0 atom stereocenters. The van der Waals surface area contributed by atoms with Crippen molar-refractivity contribution >= 4 is 12.1 Å². The molecule has 2 rings (SSSR count). The van der Waals surface area contributed by atoms with E-state index in [2.05, 4.69) is 0 Å². The molecule has 0 N–H and O–H groups in total. The smallest absolute Gasteiger partial charge is 0.410 e. The summed E-state index contributed by atoms with van der Waals surface area (Å²) in [6, 6.07) is 14.5. The number of hydrogen-bond acceptors (Lipinski definition) is 5. The van der Waals surface area contributed by atoms with Gasteiger partial charge in [0.2, 0.25) is 0 Å². The van der Waals surface area contributed by atoms with Gasteiger partial charge in [-0.2, -0.15) is 0 Å². The molecule has 0 unspecified atom stereocenters. The second-order valence-corrected chi connectivity index (χ2v) is 7.37. The van der Waals surface area contributed by atoms with Gasteiger partial charge in [-0.05, 0) is 56.2 Å². The lowest BCUT2D eigenvalue weighted by atomic mass is 10.1.